The van der Waals surface area contributed by atoms with Crippen molar-refractivity contribution in [2.24, 2.45) is 5.73 Å². The minimum Gasteiger partial charge on any atom is -0.369 e. The Morgan fingerprint density at radius 1 is 1.67 bits per heavy atom. The summed E-state index contributed by atoms with van der Waals surface area (Å²) in [6.45, 7) is 1.92. The van der Waals surface area contributed by atoms with Crippen LogP contribution in [0.4, 0.5) is 0 Å². The topological polar surface area (TPSA) is 73.3 Å². The molecule has 15 heavy (non-hydrogen) atoms. The van der Waals surface area contributed by atoms with E-state index in [0.29, 0.717) is 0 Å². The summed E-state index contributed by atoms with van der Waals surface area (Å²) in [4.78, 5) is 16.4. The molecule has 1 amide bonds. The fourth-order valence-corrected chi connectivity index (χ4v) is 2.87. The van der Waals surface area contributed by atoms with Crippen molar-refractivity contribution in [1.82, 2.24) is 14.6 Å². The van der Waals surface area contributed by atoms with Crippen molar-refractivity contribution in [2.45, 2.75) is 25.2 Å². The average Bonchev–Trinajstić information content (AvgIpc) is 2.77. The second-order valence-electron chi connectivity index (χ2n) is 3.96. The SMILES string of the molecule is Cc1cn2nc(C3(C(N)=O)CC3)sc2n1. The van der Waals surface area contributed by atoms with Gasteiger partial charge in [-0.05, 0) is 19.8 Å². The van der Waals surface area contributed by atoms with Gasteiger partial charge in [0.1, 0.15) is 10.4 Å². The van der Waals surface area contributed by atoms with E-state index in [1.165, 1.54) is 11.3 Å². The molecular formula is C9H10N4OS. The molecule has 3 rings (SSSR count). The van der Waals surface area contributed by atoms with Gasteiger partial charge in [0.2, 0.25) is 10.9 Å². The molecule has 0 unspecified atom stereocenters. The number of fused-ring (bicyclic) bond motifs is 1. The predicted molar refractivity (Wildman–Crippen MR) is 55.7 cm³/mol. The van der Waals surface area contributed by atoms with Crippen molar-refractivity contribution in [3.8, 4) is 0 Å². The predicted octanol–water partition coefficient (Wildman–Crippen LogP) is 0.616. The lowest BCUT2D eigenvalue weighted by molar-refractivity contribution is -0.120. The number of aromatic nitrogens is 3. The number of carbonyl (C=O) groups excluding carboxylic acids is 1. The molecule has 0 spiro atoms. The fourth-order valence-electron chi connectivity index (χ4n) is 1.69. The van der Waals surface area contributed by atoms with Crippen molar-refractivity contribution < 1.29 is 4.79 Å². The number of hydrogen-bond acceptors (Lipinski definition) is 4. The zero-order valence-corrected chi connectivity index (χ0v) is 9.04. The van der Waals surface area contributed by atoms with Crippen LogP contribution in [0, 0.1) is 6.92 Å². The highest BCUT2D eigenvalue weighted by Gasteiger charge is 2.53. The molecule has 0 atom stereocenters. The van der Waals surface area contributed by atoms with Crippen LogP contribution in [0.2, 0.25) is 0 Å². The van der Waals surface area contributed by atoms with Crippen molar-refractivity contribution in [2.75, 3.05) is 0 Å². The van der Waals surface area contributed by atoms with Gasteiger partial charge in [-0.25, -0.2) is 9.50 Å². The van der Waals surface area contributed by atoms with E-state index in [0.717, 1.165) is 28.5 Å². The van der Waals surface area contributed by atoms with Crippen LogP contribution in [0.25, 0.3) is 4.96 Å². The molecule has 0 aromatic carbocycles. The average molecular weight is 222 g/mol. The normalized spacial score (nSPS) is 18.2. The van der Waals surface area contributed by atoms with E-state index in [1.807, 2.05) is 13.1 Å². The monoisotopic (exact) mass is 222 g/mol. The summed E-state index contributed by atoms with van der Waals surface area (Å²) in [6, 6.07) is 0. The highest BCUT2D eigenvalue weighted by atomic mass is 32.1. The summed E-state index contributed by atoms with van der Waals surface area (Å²) in [5.74, 6) is -0.267. The zero-order chi connectivity index (χ0) is 10.6. The summed E-state index contributed by atoms with van der Waals surface area (Å²) < 4.78 is 1.72. The highest BCUT2D eigenvalue weighted by Crippen LogP contribution is 2.49. The molecule has 1 aliphatic carbocycles. The molecule has 5 nitrogen and oxygen atoms in total. The Bertz CT molecular complexity index is 520. The lowest BCUT2D eigenvalue weighted by atomic mass is 10.1. The number of hydrogen-bond donors (Lipinski definition) is 1. The van der Waals surface area contributed by atoms with E-state index in [4.69, 9.17) is 5.73 Å². The second-order valence-corrected chi connectivity index (χ2v) is 4.92. The first kappa shape index (κ1) is 8.84. The second kappa shape index (κ2) is 2.57. The van der Waals surface area contributed by atoms with Crippen LogP contribution in [0.3, 0.4) is 0 Å². The summed E-state index contributed by atoms with van der Waals surface area (Å²) in [5.41, 5.74) is 5.83. The Labute approximate surface area is 89.9 Å². The van der Waals surface area contributed by atoms with Crippen LogP contribution >= 0.6 is 11.3 Å². The van der Waals surface area contributed by atoms with Crippen LogP contribution < -0.4 is 5.73 Å². The highest BCUT2D eigenvalue weighted by molar-refractivity contribution is 7.17. The van der Waals surface area contributed by atoms with Crippen LogP contribution in [0.15, 0.2) is 6.20 Å². The van der Waals surface area contributed by atoms with Crippen molar-refractivity contribution in [1.29, 1.82) is 0 Å². The molecule has 0 saturated heterocycles. The molecule has 1 fully saturated rings. The van der Waals surface area contributed by atoms with Gasteiger partial charge in [0.25, 0.3) is 0 Å². The van der Waals surface area contributed by atoms with Gasteiger partial charge in [0.05, 0.1) is 11.9 Å². The largest absolute Gasteiger partial charge is 0.369 e. The van der Waals surface area contributed by atoms with Crippen molar-refractivity contribution in [3.63, 3.8) is 0 Å². The van der Waals surface area contributed by atoms with Crippen LogP contribution in [0.5, 0.6) is 0 Å². The minimum atomic E-state index is -0.487. The first-order valence-electron chi connectivity index (χ1n) is 4.75. The molecule has 6 heteroatoms. The number of aryl methyl sites for hydroxylation is 1. The first-order chi connectivity index (χ1) is 7.12. The summed E-state index contributed by atoms with van der Waals surface area (Å²) in [6.07, 6.45) is 3.49. The van der Waals surface area contributed by atoms with E-state index in [-0.39, 0.29) is 5.91 Å². The molecule has 2 N–H and O–H groups in total. The van der Waals surface area contributed by atoms with E-state index in [2.05, 4.69) is 10.1 Å². The third-order valence-electron chi connectivity index (χ3n) is 2.79. The van der Waals surface area contributed by atoms with Gasteiger partial charge < -0.3 is 5.73 Å². The van der Waals surface area contributed by atoms with Gasteiger partial charge in [-0.3, -0.25) is 4.79 Å². The maximum Gasteiger partial charge on any atom is 0.230 e. The molecule has 1 saturated carbocycles. The number of primary amides is 1. The van der Waals surface area contributed by atoms with E-state index in [9.17, 15) is 4.79 Å². The molecule has 2 heterocycles. The Hall–Kier alpha value is -1.43. The molecule has 1 aliphatic rings. The number of nitrogens with two attached hydrogens (primary N) is 1. The smallest absolute Gasteiger partial charge is 0.230 e. The van der Waals surface area contributed by atoms with Crippen molar-refractivity contribution in [3.05, 3.63) is 16.9 Å². The van der Waals surface area contributed by atoms with Crippen LogP contribution in [-0.4, -0.2) is 20.5 Å². The van der Waals surface area contributed by atoms with Crippen LogP contribution in [-0.2, 0) is 10.2 Å². The molecule has 0 radical (unpaired) electrons. The van der Waals surface area contributed by atoms with Gasteiger partial charge >= 0.3 is 0 Å². The summed E-state index contributed by atoms with van der Waals surface area (Å²) in [7, 11) is 0. The molecule has 0 bridgehead atoms. The lowest BCUT2D eigenvalue weighted by Gasteiger charge is -2.03. The number of rotatable bonds is 2. The van der Waals surface area contributed by atoms with E-state index < -0.39 is 5.41 Å². The Balaban J connectivity index is 2.12. The summed E-state index contributed by atoms with van der Waals surface area (Å²) >= 11 is 1.46. The third-order valence-corrected chi connectivity index (χ3v) is 3.92. The molecule has 2 aromatic heterocycles. The van der Waals surface area contributed by atoms with Crippen LogP contribution in [0.1, 0.15) is 23.5 Å². The Morgan fingerprint density at radius 2 is 2.40 bits per heavy atom. The lowest BCUT2D eigenvalue weighted by Crippen LogP contribution is -2.28. The number of carbonyl (C=O) groups is 1. The molecule has 0 aliphatic heterocycles. The minimum absolute atomic E-state index is 0.267. The molecule has 78 valence electrons. The van der Waals surface area contributed by atoms with E-state index >= 15 is 0 Å². The Kier molecular flexibility index (Phi) is 1.52. The van der Waals surface area contributed by atoms with Gasteiger partial charge in [0.15, 0.2) is 0 Å². The zero-order valence-electron chi connectivity index (χ0n) is 8.23. The maximum atomic E-state index is 11.3. The standard InChI is InChI=1S/C9H10N4OS/c1-5-4-13-8(11-5)15-7(12-13)9(2-3-9)6(10)14/h4H,2-3H2,1H3,(H2,10,14). The van der Waals surface area contributed by atoms with Gasteiger partial charge in [-0.15, -0.1) is 0 Å². The van der Waals surface area contributed by atoms with Gasteiger partial charge in [0, 0.05) is 0 Å². The quantitative estimate of drug-likeness (QED) is 0.809. The van der Waals surface area contributed by atoms with Gasteiger partial charge in [-0.2, -0.15) is 5.10 Å². The summed E-state index contributed by atoms with van der Waals surface area (Å²) in [5, 5.41) is 5.16. The first-order valence-corrected chi connectivity index (χ1v) is 5.57. The third kappa shape index (κ3) is 1.11. The Morgan fingerprint density at radius 3 is 2.93 bits per heavy atom. The van der Waals surface area contributed by atoms with Gasteiger partial charge in [-0.1, -0.05) is 11.3 Å². The van der Waals surface area contributed by atoms with E-state index in [1.54, 1.807) is 4.52 Å². The molecule has 2 aromatic rings. The maximum absolute atomic E-state index is 11.3. The fraction of sp³-hybridized carbons (Fsp3) is 0.444. The number of imidazole rings is 1. The van der Waals surface area contributed by atoms with Crippen molar-refractivity contribution >= 4 is 22.2 Å². The number of amides is 1. The molecular weight excluding hydrogens is 212 g/mol. The number of nitrogens with zero attached hydrogens (tertiary/aromatic N) is 3.